The summed E-state index contributed by atoms with van der Waals surface area (Å²) in [6.07, 6.45) is 3.52. The van der Waals surface area contributed by atoms with Crippen LogP contribution in [0.15, 0.2) is 48.8 Å². The highest BCUT2D eigenvalue weighted by Gasteiger charge is 2.25. The van der Waals surface area contributed by atoms with Gasteiger partial charge in [-0.05, 0) is 18.2 Å². The Balaban J connectivity index is 1.57. The van der Waals surface area contributed by atoms with Crippen molar-refractivity contribution in [1.29, 1.82) is 0 Å². The van der Waals surface area contributed by atoms with Gasteiger partial charge in [0.1, 0.15) is 5.75 Å². The van der Waals surface area contributed by atoms with Crippen LogP contribution in [-0.4, -0.2) is 59.9 Å². The van der Waals surface area contributed by atoms with E-state index in [1.807, 2.05) is 24.3 Å². The van der Waals surface area contributed by atoms with Crippen molar-refractivity contribution in [3.8, 4) is 5.75 Å². The number of methoxy groups -OCH3 is 1. The summed E-state index contributed by atoms with van der Waals surface area (Å²) in [6, 6.07) is 11.0. The van der Waals surface area contributed by atoms with Gasteiger partial charge in [-0.1, -0.05) is 18.2 Å². The Bertz CT molecular complexity index is 741. The van der Waals surface area contributed by atoms with Crippen molar-refractivity contribution in [1.82, 2.24) is 14.8 Å². The molecule has 6 nitrogen and oxygen atoms in total. The van der Waals surface area contributed by atoms with Gasteiger partial charge in [0.25, 0.3) is 5.91 Å². The second kappa shape index (κ2) is 7.79. The Morgan fingerprint density at radius 1 is 1.04 bits per heavy atom. The first-order chi connectivity index (χ1) is 12.2. The quantitative estimate of drug-likeness (QED) is 0.849. The second-order valence-electron chi connectivity index (χ2n) is 5.90. The molecule has 1 aromatic heterocycles. The molecular formula is C19H21N3O3. The number of piperazine rings is 1. The van der Waals surface area contributed by atoms with E-state index < -0.39 is 0 Å². The van der Waals surface area contributed by atoms with E-state index in [1.54, 1.807) is 41.4 Å². The van der Waals surface area contributed by atoms with E-state index in [2.05, 4.69) is 4.98 Å². The molecule has 2 heterocycles. The Morgan fingerprint density at radius 3 is 2.44 bits per heavy atom. The van der Waals surface area contributed by atoms with Crippen LogP contribution in [-0.2, 0) is 11.2 Å². The summed E-state index contributed by atoms with van der Waals surface area (Å²) in [4.78, 5) is 32.5. The van der Waals surface area contributed by atoms with Gasteiger partial charge in [0, 0.05) is 44.1 Å². The molecule has 6 heteroatoms. The topological polar surface area (TPSA) is 62.7 Å². The minimum atomic E-state index is -0.0371. The lowest BCUT2D eigenvalue weighted by Crippen LogP contribution is -2.51. The zero-order valence-electron chi connectivity index (χ0n) is 14.2. The minimum absolute atomic E-state index is 0.0371. The maximum absolute atomic E-state index is 12.5. The van der Waals surface area contributed by atoms with Gasteiger partial charge in [0.15, 0.2) is 0 Å². The van der Waals surface area contributed by atoms with Crippen molar-refractivity contribution in [2.24, 2.45) is 0 Å². The van der Waals surface area contributed by atoms with E-state index in [0.29, 0.717) is 38.2 Å². The third kappa shape index (κ3) is 3.96. The molecule has 0 aliphatic carbocycles. The maximum Gasteiger partial charge on any atom is 0.255 e. The van der Waals surface area contributed by atoms with Crippen LogP contribution in [0.3, 0.4) is 0 Å². The summed E-state index contributed by atoms with van der Waals surface area (Å²) in [7, 11) is 1.60. The number of hydrogen-bond donors (Lipinski definition) is 0. The van der Waals surface area contributed by atoms with E-state index in [9.17, 15) is 9.59 Å². The van der Waals surface area contributed by atoms with Gasteiger partial charge in [-0.2, -0.15) is 0 Å². The monoisotopic (exact) mass is 339 g/mol. The van der Waals surface area contributed by atoms with Gasteiger partial charge < -0.3 is 14.5 Å². The predicted octanol–water partition coefficient (Wildman–Crippen LogP) is 1.62. The largest absolute Gasteiger partial charge is 0.496 e. The van der Waals surface area contributed by atoms with Crippen LogP contribution in [0.25, 0.3) is 0 Å². The molecule has 25 heavy (non-hydrogen) atoms. The Labute approximate surface area is 147 Å². The zero-order chi connectivity index (χ0) is 17.6. The summed E-state index contributed by atoms with van der Waals surface area (Å²) in [5.41, 5.74) is 1.46. The molecule has 1 fully saturated rings. The van der Waals surface area contributed by atoms with Crippen molar-refractivity contribution >= 4 is 11.8 Å². The van der Waals surface area contributed by atoms with Gasteiger partial charge in [-0.3, -0.25) is 14.6 Å². The molecule has 0 spiro atoms. The maximum atomic E-state index is 12.5. The van der Waals surface area contributed by atoms with Crippen LogP contribution in [0.2, 0.25) is 0 Å². The molecule has 1 aliphatic heterocycles. The van der Waals surface area contributed by atoms with Crippen LogP contribution in [0.5, 0.6) is 5.75 Å². The molecule has 0 atom stereocenters. The fourth-order valence-electron chi connectivity index (χ4n) is 2.95. The van der Waals surface area contributed by atoms with E-state index in [0.717, 1.165) is 11.3 Å². The number of hydrogen-bond acceptors (Lipinski definition) is 4. The zero-order valence-corrected chi connectivity index (χ0v) is 14.2. The van der Waals surface area contributed by atoms with Crippen molar-refractivity contribution in [3.63, 3.8) is 0 Å². The molecule has 0 N–H and O–H groups in total. The molecule has 1 aromatic carbocycles. The van der Waals surface area contributed by atoms with Gasteiger partial charge in [-0.25, -0.2) is 0 Å². The Morgan fingerprint density at radius 2 is 1.76 bits per heavy atom. The highest BCUT2D eigenvalue weighted by molar-refractivity contribution is 5.94. The van der Waals surface area contributed by atoms with Crippen molar-refractivity contribution < 1.29 is 14.3 Å². The molecule has 0 saturated carbocycles. The molecule has 2 amide bonds. The van der Waals surface area contributed by atoms with E-state index >= 15 is 0 Å². The summed E-state index contributed by atoms with van der Waals surface area (Å²) in [5, 5.41) is 0. The van der Waals surface area contributed by atoms with Gasteiger partial charge in [-0.15, -0.1) is 0 Å². The predicted molar refractivity (Wildman–Crippen MR) is 93.4 cm³/mol. The van der Waals surface area contributed by atoms with Crippen LogP contribution >= 0.6 is 0 Å². The van der Waals surface area contributed by atoms with Crippen molar-refractivity contribution in [2.45, 2.75) is 6.42 Å². The number of rotatable bonds is 4. The summed E-state index contributed by atoms with van der Waals surface area (Å²) in [6.45, 7) is 2.15. The number of carbonyl (C=O) groups is 2. The van der Waals surface area contributed by atoms with E-state index in [-0.39, 0.29) is 11.8 Å². The molecule has 0 radical (unpaired) electrons. The molecule has 0 unspecified atom stereocenters. The van der Waals surface area contributed by atoms with Crippen LogP contribution in [0.1, 0.15) is 15.9 Å². The summed E-state index contributed by atoms with van der Waals surface area (Å²) >= 11 is 0. The standard InChI is InChI=1S/C19H21N3O3/c1-25-17-7-3-2-5-15(17)13-18(23)21-9-11-22(12-10-21)19(24)16-6-4-8-20-14-16/h2-8,14H,9-13H2,1H3. The lowest BCUT2D eigenvalue weighted by molar-refractivity contribution is -0.131. The molecule has 1 aliphatic rings. The van der Waals surface area contributed by atoms with Crippen LogP contribution in [0.4, 0.5) is 0 Å². The van der Waals surface area contributed by atoms with Crippen molar-refractivity contribution in [3.05, 3.63) is 59.9 Å². The lowest BCUT2D eigenvalue weighted by atomic mass is 10.1. The van der Waals surface area contributed by atoms with Gasteiger partial charge in [0.05, 0.1) is 19.1 Å². The first-order valence-electron chi connectivity index (χ1n) is 8.28. The lowest BCUT2D eigenvalue weighted by Gasteiger charge is -2.35. The smallest absolute Gasteiger partial charge is 0.255 e. The minimum Gasteiger partial charge on any atom is -0.496 e. The fourth-order valence-corrected chi connectivity index (χ4v) is 2.95. The summed E-state index contributed by atoms with van der Waals surface area (Å²) < 4.78 is 5.30. The third-order valence-electron chi connectivity index (χ3n) is 4.36. The molecule has 0 bridgehead atoms. The Kier molecular flexibility index (Phi) is 5.28. The van der Waals surface area contributed by atoms with Crippen LogP contribution in [0, 0.1) is 0 Å². The number of ether oxygens (including phenoxy) is 1. The molecule has 3 rings (SSSR count). The molecule has 2 aromatic rings. The number of amides is 2. The van der Waals surface area contributed by atoms with Gasteiger partial charge >= 0.3 is 0 Å². The summed E-state index contributed by atoms with van der Waals surface area (Å²) in [5.74, 6) is 0.740. The second-order valence-corrected chi connectivity index (χ2v) is 5.90. The van der Waals surface area contributed by atoms with Gasteiger partial charge in [0.2, 0.25) is 5.91 Å². The van der Waals surface area contributed by atoms with Crippen LogP contribution < -0.4 is 4.74 Å². The number of aromatic nitrogens is 1. The number of benzene rings is 1. The van der Waals surface area contributed by atoms with Crippen molar-refractivity contribution in [2.75, 3.05) is 33.3 Å². The molecule has 1 saturated heterocycles. The fraction of sp³-hybridized carbons (Fsp3) is 0.316. The first-order valence-corrected chi connectivity index (χ1v) is 8.28. The number of para-hydroxylation sites is 1. The number of nitrogens with zero attached hydrogens (tertiary/aromatic N) is 3. The average Bonchev–Trinajstić information content (AvgIpc) is 2.68. The highest BCUT2D eigenvalue weighted by atomic mass is 16.5. The highest BCUT2D eigenvalue weighted by Crippen LogP contribution is 2.19. The SMILES string of the molecule is COc1ccccc1CC(=O)N1CCN(C(=O)c2cccnc2)CC1. The third-order valence-corrected chi connectivity index (χ3v) is 4.36. The molecular weight excluding hydrogens is 318 g/mol. The molecule has 130 valence electrons. The Hall–Kier alpha value is -2.89. The number of pyridine rings is 1. The number of carbonyl (C=O) groups excluding carboxylic acids is 2. The normalized spacial score (nSPS) is 14.3. The average molecular weight is 339 g/mol. The van der Waals surface area contributed by atoms with E-state index in [4.69, 9.17) is 4.74 Å². The first kappa shape index (κ1) is 17.0. The van der Waals surface area contributed by atoms with E-state index in [1.165, 1.54) is 0 Å².